The SMILES string of the molecule is COc1cc2c(cc1OC)CN(Cc1ccc(F)cc1F)CC2. The minimum absolute atomic E-state index is 0.458. The lowest BCUT2D eigenvalue weighted by Gasteiger charge is -2.29. The molecule has 0 N–H and O–H groups in total. The van der Waals surface area contributed by atoms with Crippen LogP contribution in [0.15, 0.2) is 30.3 Å². The van der Waals surface area contributed by atoms with Crippen LogP contribution >= 0.6 is 0 Å². The van der Waals surface area contributed by atoms with Crippen LogP contribution in [0.4, 0.5) is 8.78 Å². The standard InChI is InChI=1S/C18H19F2NO2/c1-22-17-7-12-5-6-21(11-14(12)8-18(17)23-2)10-13-3-4-15(19)9-16(13)20/h3-4,7-9H,5-6,10-11H2,1-2H3. The number of methoxy groups -OCH3 is 2. The van der Waals surface area contributed by atoms with E-state index < -0.39 is 11.6 Å². The normalized spacial score (nSPS) is 14.4. The molecular formula is C18H19F2NO2. The molecular weight excluding hydrogens is 300 g/mol. The second-order valence-corrected chi connectivity index (χ2v) is 5.67. The van der Waals surface area contributed by atoms with Gasteiger partial charge in [-0.2, -0.15) is 0 Å². The lowest BCUT2D eigenvalue weighted by molar-refractivity contribution is 0.240. The van der Waals surface area contributed by atoms with Crippen molar-refractivity contribution in [3.63, 3.8) is 0 Å². The zero-order chi connectivity index (χ0) is 16.4. The first kappa shape index (κ1) is 15.7. The molecule has 0 saturated heterocycles. The Morgan fingerprint density at radius 3 is 2.35 bits per heavy atom. The summed E-state index contributed by atoms with van der Waals surface area (Å²) < 4.78 is 37.5. The van der Waals surface area contributed by atoms with Crippen LogP contribution in [0.25, 0.3) is 0 Å². The van der Waals surface area contributed by atoms with Gasteiger partial charge < -0.3 is 9.47 Å². The molecule has 3 nitrogen and oxygen atoms in total. The molecule has 2 aromatic rings. The van der Waals surface area contributed by atoms with E-state index in [0.29, 0.717) is 24.4 Å². The Morgan fingerprint density at radius 1 is 1.00 bits per heavy atom. The summed E-state index contributed by atoms with van der Waals surface area (Å²) in [4.78, 5) is 2.14. The number of benzene rings is 2. The van der Waals surface area contributed by atoms with Crippen LogP contribution in [-0.4, -0.2) is 25.7 Å². The van der Waals surface area contributed by atoms with E-state index in [9.17, 15) is 8.78 Å². The molecule has 5 heteroatoms. The smallest absolute Gasteiger partial charge is 0.161 e. The Balaban J connectivity index is 1.79. The van der Waals surface area contributed by atoms with E-state index in [0.717, 1.165) is 30.3 Å². The number of hydrogen-bond donors (Lipinski definition) is 0. The maximum absolute atomic E-state index is 13.8. The van der Waals surface area contributed by atoms with E-state index in [1.807, 2.05) is 12.1 Å². The molecule has 0 fully saturated rings. The molecule has 122 valence electrons. The number of rotatable bonds is 4. The van der Waals surface area contributed by atoms with Crippen molar-refractivity contribution in [2.75, 3.05) is 20.8 Å². The Kier molecular flexibility index (Phi) is 4.48. The van der Waals surface area contributed by atoms with Gasteiger partial charge in [0.15, 0.2) is 11.5 Å². The third-order valence-electron chi connectivity index (χ3n) is 4.21. The summed E-state index contributed by atoms with van der Waals surface area (Å²) in [6.07, 6.45) is 0.860. The van der Waals surface area contributed by atoms with E-state index in [1.54, 1.807) is 14.2 Å². The largest absolute Gasteiger partial charge is 0.493 e. The highest BCUT2D eigenvalue weighted by atomic mass is 19.1. The monoisotopic (exact) mass is 319 g/mol. The highest BCUT2D eigenvalue weighted by molar-refractivity contribution is 5.48. The van der Waals surface area contributed by atoms with Crippen molar-refractivity contribution in [2.24, 2.45) is 0 Å². The van der Waals surface area contributed by atoms with Crippen molar-refractivity contribution in [1.82, 2.24) is 4.90 Å². The number of ether oxygens (including phenoxy) is 2. The van der Waals surface area contributed by atoms with Crippen molar-refractivity contribution in [3.8, 4) is 11.5 Å². The van der Waals surface area contributed by atoms with Gasteiger partial charge in [0.1, 0.15) is 11.6 Å². The number of halogens is 2. The summed E-state index contributed by atoms with van der Waals surface area (Å²) in [7, 11) is 3.23. The van der Waals surface area contributed by atoms with Crippen LogP contribution in [0.5, 0.6) is 11.5 Å². The fourth-order valence-corrected chi connectivity index (χ4v) is 2.97. The van der Waals surface area contributed by atoms with E-state index in [-0.39, 0.29) is 0 Å². The van der Waals surface area contributed by atoms with Gasteiger partial charge in [-0.1, -0.05) is 6.07 Å². The predicted molar refractivity (Wildman–Crippen MR) is 83.7 cm³/mol. The molecule has 0 atom stereocenters. The lowest BCUT2D eigenvalue weighted by Crippen LogP contribution is -2.30. The van der Waals surface area contributed by atoms with Gasteiger partial charge in [0, 0.05) is 31.3 Å². The van der Waals surface area contributed by atoms with Gasteiger partial charge in [0.25, 0.3) is 0 Å². The van der Waals surface area contributed by atoms with Gasteiger partial charge in [0.2, 0.25) is 0 Å². The zero-order valence-corrected chi connectivity index (χ0v) is 13.2. The van der Waals surface area contributed by atoms with Crippen molar-refractivity contribution in [1.29, 1.82) is 0 Å². The molecule has 0 spiro atoms. The topological polar surface area (TPSA) is 21.7 Å². The quantitative estimate of drug-likeness (QED) is 0.860. The Hall–Kier alpha value is -2.14. The predicted octanol–water partition coefficient (Wildman–Crippen LogP) is 3.54. The van der Waals surface area contributed by atoms with Crippen LogP contribution in [0.1, 0.15) is 16.7 Å². The summed E-state index contributed by atoms with van der Waals surface area (Å²) in [5, 5.41) is 0. The van der Waals surface area contributed by atoms with Crippen LogP contribution in [0.2, 0.25) is 0 Å². The summed E-state index contributed by atoms with van der Waals surface area (Å²) in [6.45, 7) is 1.98. The highest BCUT2D eigenvalue weighted by Gasteiger charge is 2.20. The minimum atomic E-state index is -0.549. The fraction of sp³-hybridized carbons (Fsp3) is 0.333. The second-order valence-electron chi connectivity index (χ2n) is 5.67. The first-order chi connectivity index (χ1) is 11.1. The van der Waals surface area contributed by atoms with Crippen molar-refractivity contribution >= 4 is 0 Å². The van der Waals surface area contributed by atoms with Gasteiger partial charge in [-0.25, -0.2) is 8.78 Å². The average molecular weight is 319 g/mol. The summed E-state index contributed by atoms with van der Waals surface area (Å²) >= 11 is 0. The Bertz CT molecular complexity index is 718. The molecule has 0 saturated carbocycles. The number of hydrogen-bond acceptors (Lipinski definition) is 3. The fourth-order valence-electron chi connectivity index (χ4n) is 2.97. The zero-order valence-electron chi connectivity index (χ0n) is 13.2. The molecule has 0 aromatic heterocycles. The molecule has 0 aliphatic carbocycles. The third kappa shape index (κ3) is 3.29. The first-order valence-electron chi connectivity index (χ1n) is 7.50. The Labute approximate surface area is 134 Å². The van der Waals surface area contributed by atoms with Gasteiger partial charge in [-0.05, 0) is 35.7 Å². The minimum Gasteiger partial charge on any atom is -0.493 e. The van der Waals surface area contributed by atoms with Gasteiger partial charge in [0.05, 0.1) is 14.2 Å². The summed E-state index contributed by atoms with van der Waals surface area (Å²) in [6, 6.07) is 7.71. The molecule has 0 amide bonds. The molecule has 0 radical (unpaired) electrons. The van der Waals surface area contributed by atoms with E-state index in [4.69, 9.17) is 9.47 Å². The molecule has 3 rings (SSSR count). The molecule has 1 aliphatic rings. The first-order valence-corrected chi connectivity index (χ1v) is 7.50. The number of nitrogens with zero attached hydrogens (tertiary/aromatic N) is 1. The summed E-state index contributed by atoms with van der Waals surface area (Å²) in [5.74, 6) is 0.375. The highest BCUT2D eigenvalue weighted by Crippen LogP contribution is 2.33. The third-order valence-corrected chi connectivity index (χ3v) is 4.21. The van der Waals surface area contributed by atoms with E-state index >= 15 is 0 Å². The van der Waals surface area contributed by atoms with Crippen LogP contribution in [-0.2, 0) is 19.5 Å². The lowest BCUT2D eigenvalue weighted by atomic mass is 9.98. The van der Waals surface area contributed by atoms with Crippen molar-refractivity contribution in [2.45, 2.75) is 19.5 Å². The van der Waals surface area contributed by atoms with Crippen LogP contribution < -0.4 is 9.47 Å². The maximum atomic E-state index is 13.8. The van der Waals surface area contributed by atoms with Gasteiger partial charge in [-0.3, -0.25) is 4.90 Å². The Morgan fingerprint density at radius 2 is 1.70 bits per heavy atom. The van der Waals surface area contributed by atoms with Crippen molar-refractivity contribution in [3.05, 3.63) is 58.7 Å². The molecule has 1 heterocycles. The molecule has 2 aromatic carbocycles. The van der Waals surface area contributed by atoms with E-state index in [1.165, 1.54) is 17.7 Å². The number of fused-ring (bicyclic) bond motifs is 1. The summed E-state index contributed by atoms with van der Waals surface area (Å²) in [5.41, 5.74) is 2.88. The average Bonchev–Trinajstić information content (AvgIpc) is 2.56. The molecule has 23 heavy (non-hydrogen) atoms. The second kappa shape index (κ2) is 6.54. The van der Waals surface area contributed by atoms with Crippen LogP contribution in [0.3, 0.4) is 0 Å². The van der Waals surface area contributed by atoms with Gasteiger partial charge >= 0.3 is 0 Å². The molecule has 0 unspecified atom stereocenters. The van der Waals surface area contributed by atoms with Crippen molar-refractivity contribution < 1.29 is 18.3 Å². The van der Waals surface area contributed by atoms with E-state index in [2.05, 4.69) is 4.90 Å². The molecule has 1 aliphatic heterocycles. The maximum Gasteiger partial charge on any atom is 0.161 e. The van der Waals surface area contributed by atoms with Gasteiger partial charge in [-0.15, -0.1) is 0 Å². The molecule has 0 bridgehead atoms. The van der Waals surface area contributed by atoms with Crippen LogP contribution in [0, 0.1) is 11.6 Å².